The Kier molecular flexibility index (Phi) is 4.95. The topological polar surface area (TPSA) is 41.1 Å². The van der Waals surface area contributed by atoms with Gasteiger partial charge in [0.2, 0.25) is 5.95 Å². The van der Waals surface area contributed by atoms with Crippen LogP contribution in [0.2, 0.25) is 0 Å². The third-order valence-corrected chi connectivity index (χ3v) is 4.90. The van der Waals surface area contributed by atoms with Crippen LogP contribution in [0.25, 0.3) is 0 Å². The predicted molar refractivity (Wildman–Crippen MR) is 104 cm³/mol. The van der Waals surface area contributed by atoms with E-state index in [9.17, 15) is 4.39 Å². The van der Waals surface area contributed by atoms with Gasteiger partial charge in [0, 0.05) is 48.0 Å². The van der Waals surface area contributed by atoms with Crippen molar-refractivity contribution >= 4 is 27.6 Å². The van der Waals surface area contributed by atoms with Crippen molar-refractivity contribution in [3.63, 3.8) is 0 Å². The zero-order chi connectivity index (χ0) is 17.9. The van der Waals surface area contributed by atoms with Gasteiger partial charge in [0.1, 0.15) is 5.82 Å². The lowest BCUT2D eigenvalue weighted by atomic mass is 10.1. The first-order valence-corrected chi connectivity index (χ1v) is 9.29. The fraction of sp³-hybridized carbons (Fsp3) is 0.200. The smallest absolute Gasteiger partial charge is 0.227 e. The van der Waals surface area contributed by atoms with Crippen LogP contribution in [0.3, 0.4) is 0 Å². The fourth-order valence-electron chi connectivity index (χ4n) is 3.13. The zero-order valence-corrected chi connectivity index (χ0v) is 15.7. The summed E-state index contributed by atoms with van der Waals surface area (Å²) in [6.45, 7) is 2.72. The molecule has 132 valence electrons. The average molecular weight is 413 g/mol. The number of nitrogens with one attached hydrogen (secondary N) is 1. The minimum atomic E-state index is -0.257. The number of nitrogens with zero attached hydrogens (tertiary/aromatic N) is 3. The third-order valence-electron chi connectivity index (χ3n) is 4.41. The maximum Gasteiger partial charge on any atom is 0.227 e. The van der Waals surface area contributed by atoms with E-state index in [0.29, 0.717) is 5.95 Å². The molecular formula is C20H18BrFN4. The lowest BCUT2D eigenvalue weighted by molar-refractivity contribution is 0.243. The van der Waals surface area contributed by atoms with Crippen LogP contribution in [0.4, 0.5) is 16.0 Å². The summed E-state index contributed by atoms with van der Waals surface area (Å²) in [5, 5.41) is 3.13. The monoisotopic (exact) mass is 412 g/mol. The molecule has 2 aromatic carbocycles. The molecule has 0 fully saturated rings. The van der Waals surface area contributed by atoms with Crippen LogP contribution in [0, 0.1) is 5.82 Å². The Morgan fingerprint density at radius 1 is 1.15 bits per heavy atom. The number of benzene rings is 2. The first-order chi connectivity index (χ1) is 12.7. The number of hydrogen-bond acceptors (Lipinski definition) is 4. The highest BCUT2D eigenvalue weighted by Gasteiger charge is 2.18. The van der Waals surface area contributed by atoms with Gasteiger partial charge in [0.05, 0.1) is 5.69 Å². The molecule has 4 nitrogen and oxygen atoms in total. The van der Waals surface area contributed by atoms with Crippen molar-refractivity contribution in [3.8, 4) is 0 Å². The van der Waals surface area contributed by atoms with Crippen molar-refractivity contribution in [1.82, 2.24) is 14.9 Å². The maximum absolute atomic E-state index is 13.0. The molecule has 2 heterocycles. The Hall–Kier alpha value is -2.31. The van der Waals surface area contributed by atoms with Crippen LogP contribution in [-0.4, -0.2) is 21.4 Å². The molecule has 0 amide bonds. The van der Waals surface area contributed by atoms with E-state index in [1.165, 1.54) is 17.7 Å². The minimum absolute atomic E-state index is 0.257. The molecule has 1 aromatic heterocycles. The summed E-state index contributed by atoms with van der Waals surface area (Å²) >= 11 is 3.53. The van der Waals surface area contributed by atoms with Crippen molar-refractivity contribution in [2.75, 3.05) is 11.9 Å². The molecule has 1 aliphatic rings. The van der Waals surface area contributed by atoms with Crippen molar-refractivity contribution in [3.05, 3.63) is 81.8 Å². The molecule has 0 unspecified atom stereocenters. The standard InChI is InChI=1S/C20H18BrFN4/c21-16-3-1-2-14(10-16)12-26-9-8-19-15(13-26)11-23-20(25-19)24-18-6-4-17(22)5-7-18/h1-7,10-11H,8-9,12-13H2,(H,23,24,25). The first kappa shape index (κ1) is 17.1. The molecule has 6 heteroatoms. The Morgan fingerprint density at radius 2 is 2.00 bits per heavy atom. The second kappa shape index (κ2) is 7.51. The highest BCUT2D eigenvalue weighted by molar-refractivity contribution is 9.10. The second-order valence-electron chi connectivity index (χ2n) is 6.39. The van der Waals surface area contributed by atoms with Gasteiger partial charge in [-0.2, -0.15) is 0 Å². The van der Waals surface area contributed by atoms with Gasteiger partial charge in [-0.15, -0.1) is 0 Å². The molecule has 0 radical (unpaired) electrons. The number of hydrogen-bond donors (Lipinski definition) is 1. The van der Waals surface area contributed by atoms with E-state index < -0.39 is 0 Å². The highest BCUT2D eigenvalue weighted by Crippen LogP contribution is 2.22. The van der Waals surface area contributed by atoms with Crippen molar-refractivity contribution in [1.29, 1.82) is 0 Å². The molecule has 0 saturated heterocycles. The molecular weight excluding hydrogens is 395 g/mol. The van der Waals surface area contributed by atoms with E-state index in [1.807, 2.05) is 12.3 Å². The molecule has 3 aromatic rings. The quantitative estimate of drug-likeness (QED) is 0.675. The predicted octanol–water partition coefficient (Wildman–Crippen LogP) is 4.68. The molecule has 1 aliphatic heterocycles. The van der Waals surface area contributed by atoms with E-state index in [1.54, 1.807) is 12.1 Å². The van der Waals surface area contributed by atoms with Crippen LogP contribution in [0.15, 0.2) is 59.2 Å². The molecule has 4 rings (SSSR count). The van der Waals surface area contributed by atoms with Crippen molar-refractivity contribution in [2.45, 2.75) is 19.5 Å². The summed E-state index contributed by atoms with van der Waals surface area (Å²) in [6.07, 6.45) is 2.78. The number of anilines is 2. The third kappa shape index (κ3) is 4.08. The summed E-state index contributed by atoms with van der Waals surface area (Å²) < 4.78 is 14.1. The highest BCUT2D eigenvalue weighted by atomic mass is 79.9. The molecule has 0 spiro atoms. The van der Waals surface area contributed by atoms with Crippen molar-refractivity contribution in [2.24, 2.45) is 0 Å². The number of halogens is 2. The van der Waals surface area contributed by atoms with E-state index in [4.69, 9.17) is 0 Å². The SMILES string of the molecule is Fc1ccc(Nc2ncc3c(n2)CCN(Cc2cccc(Br)c2)C3)cc1. The summed E-state index contributed by atoms with van der Waals surface area (Å²) in [6, 6.07) is 14.6. The van der Waals surface area contributed by atoms with Gasteiger partial charge in [-0.1, -0.05) is 28.1 Å². The molecule has 0 bridgehead atoms. The summed E-state index contributed by atoms with van der Waals surface area (Å²) in [5.41, 5.74) is 4.31. The van der Waals surface area contributed by atoms with Gasteiger partial charge >= 0.3 is 0 Å². The van der Waals surface area contributed by atoms with Gasteiger partial charge in [-0.25, -0.2) is 14.4 Å². The Labute approximate surface area is 160 Å². The van der Waals surface area contributed by atoms with E-state index in [0.717, 1.165) is 47.5 Å². The average Bonchev–Trinajstić information content (AvgIpc) is 2.64. The minimum Gasteiger partial charge on any atom is -0.324 e. The molecule has 0 saturated carbocycles. The lowest BCUT2D eigenvalue weighted by Gasteiger charge is -2.28. The van der Waals surface area contributed by atoms with Gasteiger partial charge < -0.3 is 5.32 Å². The van der Waals surface area contributed by atoms with Crippen LogP contribution in [0.5, 0.6) is 0 Å². The Bertz CT molecular complexity index is 914. The largest absolute Gasteiger partial charge is 0.324 e. The number of aromatic nitrogens is 2. The van der Waals surface area contributed by atoms with Gasteiger partial charge in [-0.3, -0.25) is 4.90 Å². The lowest BCUT2D eigenvalue weighted by Crippen LogP contribution is -2.31. The normalized spacial score (nSPS) is 14.1. The van der Waals surface area contributed by atoms with Crippen molar-refractivity contribution < 1.29 is 4.39 Å². The summed E-state index contributed by atoms with van der Waals surface area (Å²) in [5.74, 6) is 0.295. The van der Waals surface area contributed by atoms with Crippen LogP contribution in [0.1, 0.15) is 16.8 Å². The van der Waals surface area contributed by atoms with Crippen LogP contribution < -0.4 is 5.32 Å². The van der Waals surface area contributed by atoms with E-state index in [-0.39, 0.29) is 5.82 Å². The van der Waals surface area contributed by atoms with E-state index in [2.05, 4.69) is 54.3 Å². The van der Waals surface area contributed by atoms with Crippen LogP contribution >= 0.6 is 15.9 Å². The second-order valence-corrected chi connectivity index (χ2v) is 7.30. The van der Waals surface area contributed by atoms with Gasteiger partial charge in [0.25, 0.3) is 0 Å². The number of fused-ring (bicyclic) bond motifs is 1. The summed E-state index contributed by atoms with van der Waals surface area (Å²) in [7, 11) is 0. The number of rotatable bonds is 4. The first-order valence-electron chi connectivity index (χ1n) is 8.50. The Morgan fingerprint density at radius 3 is 2.81 bits per heavy atom. The van der Waals surface area contributed by atoms with Gasteiger partial charge in [-0.05, 0) is 42.0 Å². The van der Waals surface area contributed by atoms with E-state index >= 15 is 0 Å². The molecule has 1 N–H and O–H groups in total. The Balaban J connectivity index is 1.44. The molecule has 0 atom stereocenters. The molecule has 0 aliphatic carbocycles. The molecule has 26 heavy (non-hydrogen) atoms. The van der Waals surface area contributed by atoms with Crippen LogP contribution in [-0.2, 0) is 19.5 Å². The summed E-state index contributed by atoms with van der Waals surface area (Å²) in [4.78, 5) is 11.5. The zero-order valence-electron chi connectivity index (χ0n) is 14.1. The maximum atomic E-state index is 13.0. The fourth-order valence-corrected chi connectivity index (χ4v) is 3.57. The van der Waals surface area contributed by atoms with Gasteiger partial charge in [0.15, 0.2) is 0 Å².